The number of nitrogens with zero attached hydrogens (tertiary/aromatic N) is 4. The molecule has 6 heteroatoms. The average Bonchev–Trinajstić information content (AvgIpc) is 2.47. The molecule has 3 rings (SSSR count). The minimum Gasteiger partial charge on any atom is -0.373 e. The second-order valence-electron chi connectivity index (χ2n) is 5.20. The Morgan fingerprint density at radius 2 is 2.20 bits per heavy atom. The monoisotopic (exact) mass is 273 g/mol. The van der Waals surface area contributed by atoms with Crippen molar-refractivity contribution in [3.05, 3.63) is 24.5 Å². The van der Waals surface area contributed by atoms with E-state index in [1.807, 2.05) is 12.1 Å². The van der Waals surface area contributed by atoms with Gasteiger partial charge in [-0.2, -0.15) is 0 Å². The van der Waals surface area contributed by atoms with E-state index in [2.05, 4.69) is 39.1 Å². The molecule has 2 aromatic heterocycles. The first-order valence-electron chi connectivity index (χ1n) is 6.87. The second kappa shape index (κ2) is 5.68. The van der Waals surface area contributed by atoms with Crippen LogP contribution >= 0.6 is 0 Å². The SMILES string of the molecule is CC(Nc1ccc2nccnc2n1)C1CN(C)CCO1. The maximum Gasteiger partial charge on any atom is 0.180 e. The van der Waals surface area contributed by atoms with Crippen molar-refractivity contribution in [2.45, 2.75) is 19.1 Å². The van der Waals surface area contributed by atoms with Crippen molar-refractivity contribution >= 4 is 17.0 Å². The van der Waals surface area contributed by atoms with E-state index < -0.39 is 0 Å². The lowest BCUT2D eigenvalue weighted by atomic mass is 10.1. The maximum atomic E-state index is 5.81. The molecular weight excluding hydrogens is 254 g/mol. The van der Waals surface area contributed by atoms with Crippen LogP contribution in [0.4, 0.5) is 5.82 Å². The number of pyridine rings is 1. The highest BCUT2D eigenvalue weighted by molar-refractivity contribution is 5.71. The van der Waals surface area contributed by atoms with Crippen molar-refractivity contribution in [2.75, 3.05) is 32.1 Å². The lowest BCUT2D eigenvalue weighted by Crippen LogP contribution is -2.47. The Balaban J connectivity index is 1.71. The highest BCUT2D eigenvalue weighted by atomic mass is 16.5. The molecule has 0 radical (unpaired) electrons. The van der Waals surface area contributed by atoms with Gasteiger partial charge in [0.05, 0.1) is 18.8 Å². The van der Waals surface area contributed by atoms with E-state index in [9.17, 15) is 0 Å². The van der Waals surface area contributed by atoms with Crippen molar-refractivity contribution in [3.8, 4) is 0 Å². The molecule has 2 atom stereocenters. The summed E-state index contributed by atoms with van der Waals surface area (Å²) >= 11 is 0. The number of hydrogen-bond acceptors (Lipinski definition) is 6. The molecular formula is C14H19N5O. The van der Waals surface area contributed by atoms with Gasteiger partial charge in [-0.05, 0) is 26.1 Å². The number of morpholine rings is 1. The van der Waals surface area contributed by atoms with Crippen LogP contribution in [0.3, 0.4) is 0 Å². The standard InChI is InChI=1S/C14H19N5O/c1-10(12-9-19(2)7-8-20-12)17-13-4-3-11-14(18-13)16-6-5-15-11/h3-6,10,12H,7-9H2,1-2H3,(H,16,17,18). The van der Waals surface area contributed by atoms with E-state index >= 15 is 0 Å². The summed E-state index contributed by atoms with van der Waals surface area (Å²) in [7, 11) is 2.12. The van der Waals surface area contributed by atoms with Crippen LogP contribution in [0.15, 0.2) is 24.5 Å². The number of likely N-dealkylation sites (N-methyl/N-ethyl adjacent to an activating group) is 1. The predicted molar refractivity (Wildman–Crippen MR) is 77.7 cm³/mol. The summed E-state index contributed by atoms with van der Waals surface area (Å²) < 4.78 is 5.81. The van der Waals surface area contributed by atoms with Crippen molar-refractivity contribution in [1.29, 1.82) is 0 Å². The van der Waals surface area contributed by atoms with Gasteiger partial charge in [0, 0.05) is 25.5 Å². The quantitative estimate of drug-likeness (QED) is 0.905. The molecule has 1 saturated heterocycles. The second-order valence-corrected chi connectivity index (χ2v) is 5.20. The molecule has 1 aliphatic heterocycles. The topological polar surface area (TPSA) is 63.2 Å². The summed E-state index contributed by atoms with van der Waals surface area (Å²) in [5, 5.41) is 3.39. The van der Waals surface area contributed by atoms with Gasteiger partial charge in [0.1, 0.15) is 11.3 Å². The molecule has 2 unspecified atom stereocenters. The van der Waals surface area contributed by atoms with Crippen molar-refractivity contribution in [2.24, 2.45) is 0 Å². The third-order valence-corrected chi connectivity index (χ3v) is 3.56. The number of aromatic nitrogens is 3. The zero-order valence-electron chi connectivity index (χ0n) is 11.8. The molecule has 106 valence electrons. The molecule has 3 heterocycles. The Morgan fingerprint density at radius 3 is 3.05 bits per heavy atom. The minimum atomic E-state index is 0.174. The fourth-order valence-corrected chi connectivity index (χ4v) is 2.37. The Bertz CT molecular complexity index is 591. The molecule has 20 heavy (non-hydrogen) atoms. The lowest BCUT2D eigenvalue weighted by Gasteiger charge is -2.34. The zero-order chi connectivity index (χ0) is 13.9. The number of anilines is 1. The zero-order valence-corrected chi connectivity index (χ0v) is 11.8. The fraction of sp³-hybridized carbons (Fsp3) is 0.500. The summed E-state index contributed by atoms with van der Waals surface area (Å²) in [6, 6.07) is 4.05. The number of nitrogens with one attached hydrogen (secondary N) is 1. The summed E-state index contributed by atoms with van der Waals surface area (Å²) in [6.45, 7) is 4.82. The van der Waals surface area contributed by atoms with Gasteiger partial charge in [0.25, 0.3) is 0 Å². The van der Waals surface area contributed by atoms with E-state index in [0.717, 1.165) is 31.0 Å². The van der Waals surface area contributed by atoms with E-state index in [4.69, 9.17) is 4.74 Å². The van der Waals surface area contributed by atoms with Crippen molar-refractivity contribution < 1.29 is 4.74 Å². The van der Waals surface area contributed by atoms with Gasteiger partial charge in [-0.25, -0.2) is 9.97 Å². The molecule has 0 bridgehead atoms. The van der Waals surface area contributed by atoms with Gasteiger partial charge < -0.3 is 15.0 Å². The van der Waals surface area contributed by atoms with Crippen molar-refractivity contribution in [1.82, 2.24) is 19.9 Å². The fourth-order valence-electron chi connectivity index (χ4n) is 2.37. The van der Waals surface area contributed by atoms with Crippen LogP contribution in [0.5, 0.6) is 0 Å². The lowest BCUT2D eigenvalue weighted by molar-refractivity contribution is -0.0259. The first-order valence-corrected chi connectivity index (χ1v) is 6.87. The van der Waals surface area contributed by atoms with Crippen LogP contribution in [-0.4, -0.2) is 58.7 Å². The van der Waals surface area contributed by atoms with Gasteiger partial charge in [-0.3, -0.25) is 4.98 Å². The Morgan fingerprint density at radius 1 is 1.35 bits per heavy atom. The minimum absolute atomic E-state index is 0.174. The molecule has 1 aliphatic rings. The van der Waals surface area contributed by atoms with Gasteiger partial charge >= 0.3 is 0 Å². The number of fused-ring (bicyclic) bond motifs is 1. The van der Waals surface area contributed by atoms with E-state index in [-0.39, 0.29) is 12.1 Å². The van der Waals surface area contributed by atoms with E-state index in [1.165, 1.54) is 0 Å². The third-order valence-electron chi connectivity index (χ3n) is 3.56. The maximum absolute atomic E-state index is 5.81. The smallest absolute Gasteiger partial charge is 0.180 e. The van der Waals surface area contributed by atoms with E-state index in [0.29, 0.717) is 5.65 Å². The van der Waals surface area contributed by atoms with Crippen LogP contribution in [0.1, 0.15) is 6.92 Å². The number of hydrogen-bond donors (Lipinski definition) is 1. The molecule has 1 N–H and O–H groups in total. The number of ether oxygens (including phenoxy) is 1. The molecule has 0 spiro atoms. The molecule has 0 amide bonds. The Hall–Kier alpha value is -1.79. The van der Waals surface area contributed by atoms with Crippen LogP contribution in [-0.2, 0) is 4.74 Å². The van der Waals surface area contributed by atoms with Crippen molar-refractivity contribution in [3.63, 3.8) is 0 Å². The summed E-state index contributed by atoms with van der Waals surface area (Å²) in [6.07, 6.45) is 3.50. The third kappa shape index (κ3) is 2.86. The molecule has 0 saturated carbocycles. The molecule has 0 aliphatic carbocycles. The molecule has 6 nitrogen and oxygen atoms in total. The average molecular weight is 273 g/mol. The number of rotatable bonds is 3. The van der Waals surface area contributed by atoms with Crippen LogP contribution in [0, 0.1) is 0 Å². The largest absolute Gasteiger partial charge is 0.373 e. The Kier molecular flexibility index (Phi) is 3.75. The first kappa shape index (κ1) is 13.2. The molecule has 0 aromatic carbocycles. The normalized spacial score (nSPS) is 21.8. The van der Waals surface area contributed by atoms with Crippen LogP contribution < -0.4 is 5.32 Å². The Labute approximate surface area is 118 Å². The highest BCUT2D eigenvalue weighted by Crippen LogP contribution is 2.14. The summed E-state index contributed by atoms with van der Waals surface area (Å²) in [5.74, 6) is 0.808. The van der Waals surface area contributed by atoms with Crippen LogP contribution in [0.25, 0.3) is 11.2 Å². The molecule has 1 fully saturated rings. The first-order chi connectivity index (χ1) is 9.72. The van der Waals surface area contributed by atoms with Gasteiger partial charge in [0.15, 0.2) is 5.65 Å². The van der Waals surface area contributed by atoms with E-state index in [1.54, 1.807) is 12.4 Å². The van der Waals surface area contributed by atoms with Gasteiger partial charge in [-0.1, -0.05) is 0 Å². The predicted octanol–water partition coefficient (Wildman–Crippen LogP) is 1.16. The van der Waals surface area contributed by atoms with Crippen LogP contribution in [0.2, 0.25) is 0 Å². The van der Waals surface area contributed by atoms with Gasteiger partial charge in [-0.15, -0.1) is 0 Å². The highest BCUT2D eigenvalue weighted by Gasteiger charge is 2.23. The summed E-state index contributed by atoms with van der Waals surface area (Å²) in [4.78, 5) is 15.2. The van der Waals surface area contributed by atoms with Gasteiger partial charge in [0.2, 0.25) is 0 Å². The molecule has 2 aromatic rings. The summed E-state index contributed by atoms with van der Waals surface area (Å²) in [5.41, 5.74) is 1.46.